The Kier molecular flexibility index (Phi) is 5.83. The standard InChI is InChI=1S/C20H21NO5S/c1-24-16-8-12(9-17(25-2)19(16)26-3)20(23)21-10-15(22)14-11-27-18-7-5-4-6-13(14)18/h4-9,11,15,22H,10H2,1-3H3,(H,21,23). The van der Waals surface area contributed by atoms with Crippen LogP contribution in [0, 0.1) is 0 Å². The van der Waals surface area contributed by atoms with Crippen molar-refractivity contribution in [3.8, 4) is 17.2 Å². The van der Waals surface area contributed by atoms with Crippen LogP contribution in [-0.2, 0) is 0 Å². The summed E-state index contributed by atoms with van der Waals surface area (Å²) in [6, 6.07) is 11.0. The number of aliphatic hydroxyl groups excluding tert-OH is 1. The Morgan fingerprint density at radius 1 is 1.11 bits per heavy atom. The molecule has 7 heteroatoms. The average Bonchev–Trinajstić information content (AvgIpc) is 3.14. The van der Waals surface area contributed by atoms with Gasteiger partial charge in [0.05, 0.1) is 27.4 Å². The van der Waals surface area contributed by atoms with E-state index in [1.807, 2.05) is 29.6 Å². The number of thiophene rings is 1. The zero-order chi connectivity index (χ0) is 19.4. The van der Waals surface area contributed by atoms with Crippen molar-refractivity contribution in [3.63, 3.8) is 0 Å². The monoisotopic (exact) mass is 387 g/mol. The number of hydrogen-bond acceptors (Lipinski definition) is 6. The summed E-state index contributed by atoms with van der Waals surface area (Å²) in [6.07, 6.45) is -0.799. The van der Waals surface area contributed by atoms with Crippen LogP contribution in [0.2, 0.25) is 0 Å². The third kappa shape index (κ3) is 3.84. The number of amides is 1. The van der Waals surface area contributed by atoms with Crippen molar-refractivity contribution in [2.75, 3.05) is 27.9 Å². The SMILES string of the molecule is COc1cc(C(=O)NCC(O)c2csc3ccccc23)cc(OC)c1OC. The van der Waals surface area contributed by atoms with Gasteiger partial charge >= 0.3 is 0 Å². The lowest BCUT2D eigenvalue weighted by Crippen LogP contribution is -2.28. The molecule has 0 bridgehead atoms. The molecule has 3 rings (SSSR count). The summed E-state index contributed by atoms with van der Waals surface area (Å²) in [5, 5.41) is 16.2. The summed E-state index contributed by atoms with van der Waals surface area (Å²) in [4.78, 5) is 12.5. The smallest absolute Gasteiger partial charge is 0.251 e. The molecule has 1 heterocycles. The minimum absolute atomic E-state index is 0.0935. The summed E-state index contributed by atoms with van der Waals surface area (Å²) in [5.41, 5.74) is 1.16. The first kappa shape index (κ1) is 19.0. The number of carbonyl (C=O) groups is 1. The minimum Gasteiger partial charge on any atom is -0.493 e. The zero-order valence-electron chi connectivity index (χ0n) is 15.3. The first-order chi connectivity index (χ1) is 13.1. The molecule has 0 aliphatic rings. The maximum atomic E-state index is 12.5. The quantitative estimate of drug-likeness (QED) is 0.650. The van der Waals surface area contributed by atoms with E-state index < -0.39 is 6.10 Å². The molecular formula is C20H21NO5S. The summed E-state index contributed by atoms with van der Waals surface area (Å²) in [7, 11) is 4.48. The summed E-state index contributed by atoms with van der Waals surface area (Å²) < 4.78 is 16.9. The second kappa shape index (κ2) is 8.28. The fourth-order valence-electron chi connectivity index (χ4n) is 2.87. The Labute approximate surface area is 161 Å². The summed E-state index contributed by atoms with van der Waals surface area (Å²) in [6.45, 7) is 0.0935. The molecular weight excluding hydrogens is 366 g/mol. The Bertz CT molecular complexity index is 927. The van der Waals surface area contributed by atoms with Crippen molar-refractivity contribution in [2.45, 2.75) is 6.10 Å². The van der Waals surface area contributed by atoms with E-state index in [4.69, 9.17) is 14.2 Å². The highest BCUT2D eigenvalue weighted by atomic mass is 32.1. The van der Waals surface area contributed by atoms with Crippen molar-refractivity contribution in [2.24, 2.45) is 0 Å². The van der Waals surface area contributed by atoms with Crippen molar-refractivity contribution >= 4 is 27.3 Å². The van der Waals surface area contributed by atoms with Crippen LogP contribution >= 0.6 is 11.3 Å². The Balaban J connectivity index is 1.75. The van der Waals surface area contributed by atoms with E-state index in [0.717, 1.165) is 15.6 Å². The first-order valence-electron chi connectivity index (χ1n) is 8.31. The van der Waals surface area contributed by atoms with Crippen molar-refractivity contribution in [1.82, 2.24) is 5.32 Å². The lowest BCUT2D eigenvalue weighted by Gasteiger charge is -2.15. The Hall–Kier alpha value is -2.77. The highest BCUT2D eigenvalue weighted by molar-refractivity contribution is 7.17. The average molecular weight is 387 g/mol. The van der Waals surface area contributed by atoms with Gasteiger partial charge in [0.1, 0.15) is 0 Å². The van der Waals surface area contributed by atoms with E-state index in [1.54, 1.807) is 23.5 Å². The molecule has 1 aromatic heterocycles. The molecule has 0 saturated carbocycles. The van der Waals surface area contributed by atoms with Crippen LogP contribution < -0.4 is 19.5 Å². The van der Waals surface area contributed by atoms with Crippen LogP contribution in [0.3, 0.4) is 0 Å². The van der Waals surface area contributed by atoms with E-state index >= 15 is 0 Å². The molecule has 142 valence electrons. The van der Waals surface area contributed by atoms with Crippen LogP contribution in [0.15, 0.2) is 41.8 Å². The number of benzene rings is 2. The number of rotatable bonds is 7. The number of hydrogen-bond donors (Lipinski definition) is 2. The molecule has 1 unspecified atom stereocenters. The van der Waals surface area contributed by atoms with E-state index in [2.05, 4.69) is 5.32 Å². The number of methoxy groups -OCH3 is 3. The molecule has 3 aromatic rings. The Morgan fingerprint density at radius 3 is 2.41 bits per heavy atom. The molecule has 2 N–H and O–H groups in total. The number of ether oxygens (including phenoxy) is 3. The van der Waals surface area contributed by atoms with Crippen LogP contribution in [0.25, 0.3) is 10.1 Å². The fraction of sp³-hybridized carbons (Fsp3) is 0.250. The third-order valence-corrected chi connectivity index (χ3v) is 5.23. The number of fused-ring (bicyclic) bond motifs is 1. The predicted octanol–water partition coefficient (Wildman–Crippen LogP) is 3.39. The molecule has 1 amide bonds. The maximum Gasteiger partial charge on any atom is 0.251 e. The molecule has 0 radical (unpaired) electrons. The lowest BCUT2D eigenvalue weighted by molar-refractivity contribution is 0.0916. The van der Waals surface area contributed by atoms with Crippen LogP contribution in [-0.4, -0.2) is 38.9 Å². The molecule has 0 aliphatic heterocycles. The summed E-state index contributed by atoms with van der Waals surface area (Å²) in [5.74, 6) is 0.868. The van der Waals surface area contributed by atoms with Gasteiger partial charge < -0.3 is 24.6 Å². The van der Waals surface area contributed by atoms with Gasteiger partial charge in [-0.3, -0.25) is 4.79 Å². The van der Waals surface area contributed by atoms with Crippen LogP contribution in [0.4, 0.5) is 0 Å². The molecule has 0 aliphatic carbocycles. The van der Waals surface area contributed by atoms with Gasteiger partial charge in [-0.2, -0.15) is 0 Å². The molecule has 6 nitrogen and oxygen atoms in total. The third-order valence-electron chi connectivity index (χ3n) is 4.25. The molecule has 0 saturated heterocycles. The largest absolute Gasteiger partial charge is 0.493 e. The highest BCUT2D eigenvalue weighted by Crippen LogP contribution is 2.38. The van der Waals surface area contributed by atoms with E-state index in [-0.39, 0.29) is 12.5 Å². The van der Waals surface area contributed by atoms with Crippen molar-refractivity contribution in [1.29, 1.82) is 0 Å². The van der Waals surface area contributed by atoms with Crippen LogP contribution in [0.5, 0.6) is 17.2 Å². The normalized spacial score (nSPS) is 11.9. The zero-order valence-corrected chi connectivity index (χ0v) is 16.1. The summed E-state index contributed by atoms with van der Waals surface area (Å²) >= 11 is 1.57. The molecule has 1 atom stereocenters. The van der Waals surface area contributed by atoms with Crippen molar-refractivity contribution < 1.29 is 24.1 Å². The van der Waals surface area contributed by atoms with Gasteiger partial charge in [0.25, 0.3) is 5.91 Å². The molecule has 2 aromatic carbocycles. The second-order valence-electron chi connectivity index (χ2n) is 5.83. The number of nitrogens with one attached hydrogen (secondary N) is 1. The van der Waals surface area contributed by atoms with E-state index in [0.29, 0.717) is 22.8 Å². The topological polar surface area (TPSA) is 77.0 Å². The van der Waals surface area contributed by atoms with E-state index in [1.165, 1.54) is 21.3 Å². The minimum atomic E-state index is -0.799. The van der Waals surface area contributed by atoms with E-state index in [9.17, 15) is 9.90 Å². The predicted molar refractivity (Wildman–Crippen MR) is 105 cm³/mol. The lowest BCUT2D eigenvalue weighted by atomic mass is 10.1. The van der Waals surface area contributed by atoms with Gasteiger partial charge in [-0.15, -0.1) is 11.3 Å². The van der Waals surface area contributed by atoms with Gasteiger partial charge in [0, 0.05) is 22.4 Å². The van der Waals surface area contributed by atoms with Crippen LogP contribution in [0.1, 0.15) is 22.0 Å². The van der Waals surface area contributed by atoms with Gasteiger partial charge in [0.2, 0.25) is 5.75 Å². The fourth-order valence-corrected chi connectivity index (χ4v) is 3.88. The van der Waals surface area contributed by atoms with Gasteiger partial charge in [-0.05, 0) is 29.0 Å². The number of carbonyl (C=O) groups excluding carboxylic acids is 1. The first-order valence-corrected chi connectivity index (χ1v) is 9.19. The van der Waals surface area contributed by atoms with Gasteiger partial charge in [0.15, 0.2) is 11.5 Å². The maximum absolute atomic E-state index is 12.5. The van der Waals surface area contributed by atoms with Gasteiger partial charge in [-0.1, -0.05) is 18.2 Å². The van der Waals surface area contributed by atoms with Crippen molar-refractivity contribution in [3.05, 3.63) is 52.9 Å². The number of aliphatic hydroxyl groups is 1. The molecule has 0 fully saturated rings. The second-order valence-corrected chi connectivity index (χ2v) is 6.74. The molecule has 27 heavy (non-hydrogen) atoms. The highest BCUT2D eigenvalue weighted by Gasteiger charge is 2.19. The Morgan fingerprint density at radius 2 is 1.78 bits per heavy atom. The van der Waals surface area contributed by atoms with Gasteiger partial charge in [-0.25, -0.2) is 0 Å². The molecule has 0 spiro atoms.